The second kappa shape index (κ2) is 9.67. The van der Waals surface area contributed by atoms with Gasteiger partial charge in [-0.1, -0.05) is 6.58 Å². The molecule has 1 saturated carbocycles. The van der Waals surface area contributed by atoms with Crippen LogP contribution in [0.2, 0.25) is 0 Å². The maximum atomic E-state index is 13.4. The van der Waals surface area contributed by atoms with Crippen molar-refractivity contribution in [3.8, 4) is 11.3 Å². The standard InChI is InChI=1S/C27H23N7O3S/c1-2-21(35)31-17-6-3-7-18(17)32-25(36)24-23-22-20(9-12-30-26(22)38-24)34(27(37)33-23)16-8-11-29-19(13-16)15-5-4-10-28-14-15/h2,4-5,8-14,17-18H,1,3,6-7H2,(H,31,35)(H,32,36)(H,33,37)/t17-,18+/m0/s1. The molecule has 1 fully saturated rings. The summed E-state index contributed by atoms with van der Waals surface area (Å²) in [6, 6.07) is 8.30. The van der Waals surface area contributed by atoms with Crippen LogP contribution >= 0.6 is 11.3 Å². The number of carbonyl (C=O) groups is 3. The van der Waals surface area contributed by atoms with Gasteiger partial charge in [-0.3, -0.25) is 24.5 Å². The molecule has 5 heterocycles. The van der Waals surface area contributed by atoms with E-state index < -0.39 is 6.03 Å². The third-order valence-electron chi connectivity index (χ3n) is 6.76. The summed E-state index contributed by atoms with van der Waals surface area (Å²) in [5.74, 6) is -0.577. The first-order chi connectivity index (χ1) is 18.5. The van der Waals surface area contributed by atoms with Crippen LogP contribution < -0.4 is 20.9 Å². The predicted molar refractivity (Wildman–Crippen MR) is 145 cm³/mol. The van der Waals surface area contributed by atoms with Crippen molar-refractivity contribution in [2.24, 2.45) is 0 Å². The zero-order valence-electron chi connectivity index (χ0n) is 20.2. The van der Waals surface area contributed by atoms with E-state index in [1.807, 2.05) is 18.2 Å². The number of pyridine rings is 3. The molecule has 0 bridgehead atoms. The van der Waals surface area contributed by atoms with E-state index in [0.717, 1.165) is 24.8 Å². The second-order valence-electron chi connectivity index (χ2n) is 9.05. The quantitative estimate of drug-likeness (QED) is 0.320. The first kappa shape index (κ1) is 23.7. The van der Waals surface area contributed by atoms with Crippen LogP contribution in [-0.2, 0) is 4.79 Å². The number of hydrogen-bond acceptors (Lipinski definition) is 7. The molecule has 4 aromatic rings. The Morgan fingerprint density at radius 3 is 2.71 bits per heavy atom. The molecule has 1 aliphatic carbocycles. The van der Waals surface area contributed by atoms with Gasteiger partial charge in [-0.05, 0) is 55.7 Å². The number of hydrogen-bond donors (Lipinski definition) is 3. The third kappa shape index (κ3) is 4.16. The number of anilines is 3. The smallest absolute Gasteiger partial charge is 0.331 e. The van der Waals surface area contributed by atoms with Crippen molar-refractivity contribution < 1.29 is 14.4 Å². The Morgan fingerprint density at radius 1 is 1.11 bits per heavy atom. The topological polar surface area (TPSA) is 129 Å². The molecular weight excluding hydrogens is 502 g/mol. The van der Waals surface area contributed by atoms with E-state index in [1.54, 1.807) is 41.8 Å². The maximum absolute atomic E-state index is 13.4. The van der Waals surface area contributed by atoms with Gasteiger partial charge in [-0.2, -0.15) is 0 Å². The number of rotatable bonds is 6. The first-order valence-corrected chi connectivity index (χ1v) is 13.0. The minimum atomic E-state index is -0.391. The molecule has 38 heavy (non-hydrogen) atoms. The Hall–Kier alpha value is -4.64. The molecule has 4 amide bonds. The summed E-state index contributed by atoms with van der Waals surface area (Å²) in [7, 11) is 0. The molecule has 11 heteroatoms. The van der Waals surface area contributed by atoms with Crippen molar-refractivity contribution in [2.45, 2.75) is 31.3 Å². The highest BCUT2D eigenvalue weighted by atomic mass is 32.1. The largest absolute Gasteiger partial charge is 0.348 e. The van der Waals surface area contributed by atoms with Gasteiger partial charge in [0.15, 0.2) is 0 Å². The van der Waals surface area contributed by atoms with Crippen LogP contribution in [0.5, 0.6) is 0 Å². The van der Waals surface area contributed by atoms with Crippen LogP contribution in [0.1, 0.15) is 28.9 Å². The Morgan fingerprint density at radius 2 is 1.92 bits per heavy atom. The zero-order chi connectivity index (χ0) is 26.2. The van der Waals surface area contributed by atoms with Gasteiger partial charge in [0, 0.05) is 42.4 Å². The van der Waals surface area contributed by atoms with Gasteiger partial charge in [-0.25, -0.2) is 9.78 Å². The van der Waals surface area contributed by atoms with Crippen molar-refractivity contribution >= 4 is 56.5 Å². The molecule has 0 saturated heterocycles. The van der Waals surface area contributed by atoms with Gasteiger partial charge in [0.2, 0.25) is 5.91 Å². The van der Waals surface area contributed by atoms with Crippen molar-refractivity contribution in [1.29, 1.82) is 0 Å². The Labute approximate surface area is 221 Å². The summed E-state index contributed by atoms with van der Waals surface area (Å²) in [5.41, 5.74) is 3.21. The van der Waals surface area contributed by atoms with Crippen molar-refractivity contribution in [3.63, 3.8) is 0 Å². The summed E-state index contributed by atoms with van der Waals surface area (Å²) in [6.45, 7) is 3.50. The predicted octanol–water partition coefficient (Wildman–Crippen LogP) is 4.39. The van der Waals surface area contributed by atoms with Gasteiger partial charge in [-0.15, -0.1) is 11.3 Å². The normalized spacial score (nSPS) is 18.2. The van der Waals surface area contributed by atoms with E-state index in [9.17, 15) is 14.4 Å². The van der Waals surface area contributed by atoms with E-state index in [4.69, 9.17) is 0 Å². The minimum Gasteiger partial charge on any atom is -0.348 e. The zero-order valence-corrected chi connectivity index (χ0v) is 21.0. The van der Waals surface area contributed by atoms with Crippen molar-refractivity contribution in [2.75, 3.05) is 10.2 Å². The average molecular weight is 526 g/mol. The molecule has 2 aliphatic rings. The van der Waals surface area contributed by atoms with Gasteiger partial charge >= 0.3 is 6.03 Å². The van der Waals surface area contributed by atoms with Crippen LogP contribution in [0.25, 0.3) is 21.5 Å². The summed E-state index contributed by atoms with van der Waals surface area (Å²) in [6.07, 6.45) is 10.3. The number of aromatic nitrogens is 3. The van der Waals surface area contributed by atoms with E-state index in [2.05, 4.69) is 37.5 Å². The Bertz CT molecular complexity index is 1590. The Balaban J connectivity index is 1.34. The number of carbonyl (C=O) groups excluding carboxylic acids is 3. The highest BCUT2D eigenvalue weighted by molar-refractivity contribution is 7.21. The molecule has 2 atom stereocenters. The molecule has 6 rings (SSSR count). The third-order valence-corrected chi connectivity index (χ3v) is 7.85. The van der Waals surface area contributed by atoms with Crippen LogP contribution in [0.3, 0.4) is 0 Å². The fraction of sp³-hybridized carbons (Fsp3) is 0.185. The fourth-order valence-electron chi connectivity index (χ4n) is 5.01. The number of nitrogens with one attached hydrogen (secondary N) is 3. The summed E-state index contributed by atoms with van der Waals surface area (Å²) >= 11 is 1.22. The summed E-state index contributed by atoms with van der Waals surface area (Å²) < 4.78 is 0. The minimum absolute atomic E-state index is 0.172. The number of amides is 4. The van der Waals surface area contributed by atoms with Crippen molar-refractivity contribution in [3.05, 3.63) is 72.7 Å². The van der Waals surface area contributed by atoms with E-state index in [1.165, 1.54) is 17.4 Å². The fourth-order valence-corrected chi connectivity index (χ4v) is 6.03. The second-order valence-corrected chi connectivity index (χ2v) is 10.1. The molecule has 0 radical (unpaired) electrons. The maximum Gasteiger partial charge on any atom is 0.331 e. The molecule has 190 valence electrons. The van der Waals surface area contributed by atoms with Gasteiger partial charge in [0.1, 0.15) is 9.71 Å². The molecule has 3 N–H and O–H groups in total. The number of nitrogens with zero attached hydrogens (tertiary/aromatic N) is 4. The lowest BCUT2D eigenvalue weighted by molar-refractivity contribution is -0.117. The molecule has 10 nitrogen and oxygen atoms in total. The van der Waals surface area contributed by atoms with Gasteiger partial charge in [0.25, 0.3) is 5.91 Å². The molecule has 0 aromatic carbocycles. The Kier molecular flexibility index (Phi) is 6.04. The van der Waals surface area contributed by atoms with Crippen LogP contribution in [-0.4, -0.2) is 44.9 Å². The van der Waals surface area contributed by atoms with Crippen molar-refractivity contribution in [1.82, 2.24) is 25.6 Å². The lowest BCUT2D eigenvalue weighted by Gasteiger charge is -2.28. The lowest BCUT2D eigenvalue weighted by atomic mass is 10.1. The average Bonchev–Trinajstić information content (AvgIpc) is 3.54. The molecule has 1 aliphatic heterocycles. The summed E-state index contributed by atoms with van der Waals surface area (Å²) in [5, 5.41) is 9.56. The summed E-state index contributed by atoms with van der Waals surface area (Å²) in [4.78, 5) is 54.3. The number of thiophene rings is 1. The first-order valence-electron chi connectivity index (χ1n) is 12.2. The molecule has 0 unspecified atom stereocenters. The van der Waals surface area contributed by atoms with E-state index >= 15 is 0 Å². The van der Waals surface area contributed by atoms with Crippen LogP contribution in [0.15, 0.2) is 67.8 Å². The van der Waals surface area contributed by atoms with Crippen LogP contribution in [0, 0.1) is 0 Å². The van der Waals surface area contributed by atoms with E-state index in [-0.39, 0.29) is 23.9 Å². The SMILES string of the molecule is C=CC(=O)N[C@H]1CCC[C@H]1NC(=O)c1sc2nccc3c2c1NC(=O)N3c1ccnc(-c2cccnc2)c1. The van der Waals surface area contributed by atoms with Gasteiger partial charge < -0.3 is 16.0 Å². The molecular formula is C27H23N7O3S. The monoisotopic (exact) mass is 525 g/mol. The number of urea groups is 1. The molecule has 0 spiro atoms. The van der Waals surface area contributed by atoms with E-state index in [0.29, 0.717) is 37.8 Å². The van der Waals surface area contributed by atoms with Crippen LogP contribution in [0.4, 0.5) is 21.9 Å². The molecule has 4 aromatic heterocycles. The lowest BCUT2D eigenvalue weighted by Crippen LogP contribution is -2.48. The highest BCUT2D eigenvalue weighted by Crippen LogP contribution is 2.46. The van der Waals surface area contributed by atoms with Gasteiger partial charge in [0.05, 0.1) is 28.1 Å². The highest BCUT2D eigenvalue weighted by Gasteiger charge is 2.35.